The van der Waals surface area contributed by atoms with Crippen LogP contribution in [0.15, 0.2) is 17.5 Å². The first-order chi connectivity index (χ1) is 10.2. The van der Waals surface area contributed by atoms with Crippen molar-refractivity contribution < 1.29 is 4.79 Å². The van der Waals surface area contributed by atoms with Gasteiger partial charge < -0.3 is 5.32 Å². The summed E-state index contributed by atoms with van der Waals surface area (Å²) < 4.78 is 0. The lowest BCUT2D eigenvalue weighted by Gasteiger charge is -2.56. The fourth-order valence-electron chi connectivity index (χ4n) is 5.69. The Labute approximate surface area is 131 Å². The molecule has 0 radical (unpaired) electrons. The average Bonchev–Trinajstić information content (AvgIpc) is 2.89. The number of amides is 1. The van der Waals surface area contributed by atoms with Crippen molar-refractivity contribution in [2.45, 2.75) is 51.4 Å². The lowest BCUT2D eigenvalue weighted by Crippen LogP contribution is -2.48. The van der Waals surface area contributed by atoms with E-state index in [2.05, 4.69) is 22.8 Å². The summed E-state index contributed by atoms with van der Waals surface area (Å²) in [6, 6.07) is 4.23. The van der Waals surface area contributed by atoms with E-state index in [0.29, 0.717) is 11.3 Å². The molecule has 4 aliphatic rings. The van der Waals surface area contributed by atoms with Crippen molar-refractivity contribution in [3.63, 3.8) is 0 Å². The quantitative estimate of drug-likeness (QED) is 0.875. The molecule has 0 unspecified atom stereocenters. The van der Waals surface area contributed by atoms with Gasteiger partial charge in [-0.3, -0.25) is 4.79 Å². The molecular weight excluding hydrogens is 278 g/mol. The zero-order valence-electron chi connectivity index (χ0n) is 12.6. The fourth-order valence-corrected chi connectivity index (χ4v) is 6.40. The van der Waals surface area contributed by atoms with E-state index in [0.717, 1.165) is 37.1 Å². The Morgan fingerprint density at radius 2 is 1.86 bits per heavy atom. The molecule has 0 aliphatic heterocycles. The molecule has 21 heavy (non-hydrogen) atoms. The number of carbonyl (C=O) groups excluding carboxylic acids is 1. The second-order valence-electron chi connectivity index (χ2n) is 7.77. The van der Waals surface area contributed by atoms with E-state index in [4.69, 9.17) is 0 Å². The van der Waals surface area contributed by atoms with Crippen LogP contribution >= 0.6 is 11.3 Å². The monoisotopic (exact) mass is 303 g/mol. The van der Waals surface area contributed by atoms with Crippen molar-refractivity contribution in [2.24, 2.45) is 23.2 Å². The molecule has 1 amide bonds. The molecule has 0 saturated heterocycles. The molecular formula is C18H25NOS. The van der Waals surface area contributed by atoms with Crippen LogP contribution in [0.4, 0.5) is 0 Å². The van der Waals surface area contributed by atoms with Gasteiger partial charge in [0.15, 0.2) is 0 Å². The zero-order chi connectivity index (χ0) is 14.3. The first kappa shape index (κ1) is 13.8. The van der Waals surface area contributed by atoms with E-state index in [1.807, 2.05) is 0 Å². The minimum absolute atomic E-state index is 0.300. The second kappa shape index (κ2) is 5.42. The molecule has 2 nitrogen and oxygen atoms in total. The van der Waals surface area contributed by atoms with Crippen LogP contribution < -0.4 is 5.32 Å². The molecule has 5 rings (SSSR count). The average molecular weight is 303 g/mol. The number of carbonyl (C=O) groups is 1. The van der Waals surface area contributed by atoms with Crippen LogP contribution in [-0.2, 0) is 11.2 Å². The summed E-state index contributed by atoms with van der Waals surface area (Å²) in [4.78, 5) is 13.7. The molecule has 1 N–H and O–H groups in total. The molecule has 4 bridgehead atoms. The molecule has 3 heteroatoms. The van der Waals surface area contributed by atoms with Crippen LogP contribution in [0.25, 0.3) is 0 Å². The van der Waals surface area contributed by atoms with Crippen LogP contribution in [0, 0.1) is 23.2 Å². The van der Waals surface area contributed by atoms with E-state index >= 15 is 0 Å². The summed E-state index contributed by atoms with van der Waals surface area (Å²) in [7, 11) is 0. The van der Waals surface area contributed by atoms with E-state index in [9.17, 15) is 4.79 Å². The molecule has 0 atom stereocenters. The van der Waals surface area contributed by atoms with Gasteiger partial charge in [-0.25, -0.2) is 0 Å². The van der Waals surface area contributed by atoms with Crippen LogP contribution in [0.2, 0.25) is 0 Å². The highest BCUT2D eigenvalue weighted by molar-refractivity contribution is 7.09. The maximum absolute atomic E-state index is 12.3. The van der Waals surface area contributed by atoms with Gasteiger partial charge in [0.25, 0.3) is 0 Å². The van der Waals surface area contributed by atoms with Crippen LogP contribution in [0.1, 0.15) is 49.8 Å². The van der Waals surface area contributed by atoms with Gasteiger partial charge in [0.1, 0.15) is 0 Å². The number of hydrogen-bond acceptors (Lipinski definition) is 2. The summed E-state index contributed by atoms with van der Waals surface area (Å²) in [6.07, 6.45) is 10.1. The molecule has 4 aliphatic carbocycles. The number of rotatable bonds is 5. The number of nitrogens with one attached hydrogen (secondary N) is 1. The molecule has 0 spiro atoms. The van der Waals surface area contributed by atoms with Crippen molar-refractivity contribution in [1.29, 1.82) is 0 Å². The van der Waals surface area contributed by atoms with E-state index < -0.39 is 0 Å². The van der Waals surface area contributed by atoms with E-state index in [-0.39, 0.29) is 0 Å². The SMILES string of the molecule is O=C(CC12CC3CC(CC(C3)C1)C2)NCCc1cccs1. The van der Waals surface area contributed by atoms with Gasteiger partial charge in [0.05, 0.1) is 0 Å². The molecule has 4 fully saturated rings. The van der Waals surface area contributed by atoms with Gasteiger partial charge in [0.2, 0.25) is 5.91 Å². The van der Waals surface area contributed by atoms with Gasteiger partial charge in [-0.15, -0.1) is 11.3 Å². The fraction of sp³-hybridized carbons (Fsp3) is 0.722. The molecule has 1 heterocycles. The molecule has 1 aromatic heterocycles. The number of hydrogen-bond donors (Lipinski definition) is 1. The molecule has 4 saturated carbocycles. The predicted octanol–water partition coefficient (Wildman–Crippen LogP) is 4.01. The first-order valence-electron chi connectivity index (χ1n) is 8.50. The van der Waals surface area contributed by atoms with Crippen LogP contribution in [0.3, 0.4) is 0 Å². The Balaban J connectivity index is 1.30. The van der Waals surface area contributed by atoms with Crippen molar-refractivity contribution in [1.82, 2.24) is 5.32 Å². The minimum atomic E-state index is 0.300. The number of thiophene rings is 1. The summed E-state index contributed by atoms with van der Waals surface area (Å²) in [5, 5.41) is 5.27. The predicted molar refractivity (Wildman–Crippen MR) is 86.3 cm³/mol. The van der Waals surface area contributed by atoms with Gasteiger partial charge in [-0.05, 0) is 79.6 Å². The maximum atomic E-state index is 12.3. The van der Waals surface area contributed by atoms with Crippen molar-refractivity contribution in [3.8, 4) is 0 Å². The highest BCUT2D eigenvalue weighted by Gasteiger charge is 2.51. The topological polar surface area (TPSA) is 29.1 Å². The normalized spacial score (nSPS) is 36.9. The molecule has 114 valence electrons. The Kier molecular flexibility index (Phi) is 3.56. The largest absolute Gasteiger partial charge is 0.356 e. The standard InChI is InChI=1S/C18H25NOS/c20-17(19-4-3-16-2-1-5-21-16)12-18-9-13-6-14(10-18)8-15(7-13)11-18/h1-2,5,13-15H,3-4,6-12H2,(H,19,20). The van der Waals surface area contributed by atoms with E-state index in [1.165, 1.54) is 43.4 Å². The Bertz CT molecular complexity index is 472. The van der Waals surface area contributed by atoms with Crippen molar-refractivity contribution in [2.75, 3.05) is 6.54 Å². The summed E-state index contributed by atoms with van der Waals surface area (Å²) in [6.45, 7) is 0.797. The van der Waals surface area contributed by atoms with Gasteiger partial charge in [-0.1, -0.05) is 6.07 Å². The van der Waals surface area contributed by atoms with Crippen molar-refractivity contribution >= 4 is 17.2 Å². The summed E-state index contributed by atoms with van der Waals surface area (Å²) in [5.41, 5.74) is 0.377. The second-order valence-corrected chi connectivity index (χ2v) is 8.81. The Morgan fingerprint density at radius 3 is 2.43 bits per heavy atom. The molecule has 0 aromatic carbocycles. The zero-order valence-corrected chi connectivity index (χ0v) is 13.5. The highest BCUT2D eigenvalue weighted by Crippen LogP contribution is 2.61. The smallest absolute Gasteiger partial charge is 0.220 e. The summed E-state index contributed by atoms with van der Waals surface area (Å²) in [5.74, 6) is 3.12. The third-order valence-corrected chi connectivity index (χ3v) is 6.91. The van der Waals surface area contributed by atoms with Crippen molar-refractivity contribution in [3.05, 3.63) is 22.4 Å². The lowest BCUT2D eigenvalue weighted by molar-refractivity contribution is -0.129. The Hall–Kier alpha value is -0.830. The lowest BCUT2D eigenvalue weighted by atomic mass is 9.49. The maximum Gasteiger partial charge on any atom is 0.220 e. The third-order valence-electron chi connectivity index (χ3n) is 5.97. The molecule has 1 aromatic rings. The Morgan fingerprint density at radius 1 is 1.19 bits per heavy atom. The van der Waals surface area contributed by atoms with E-state index in [1.54, 1.807) is 11.3 Å². The third kappa shape index (κ3) is 2.90. The van der Waals surface area contributed by atoms with Gasteiger partial charge in [-0.2, -0.15) is 0 Å². The van der Waals surface area contributed by atoms with Crippen LogP contribution in [0.5, 0.6) is 0 Å². The first-order valence-corrected chi connectivity index (χ1v) is 9.38. The summed E-state index contributed by atoms with van der Waals surface area (Å²) >= 11 is 1.78. The minimum Gasteiger partial charge on any atom is -0.356 e. The van der Waals surface area contributed by atoms with Crippen LogP contribution in [-0.4, -0.2) is 12.5 Å². The van der Waals surface area contributed by atoms with Gasteiger partial charge in [0, 0.05) is 17.8 Å². The van der Waals surface area contributed by atoms with Gasteiger partial charge >= 0.3 is 0 Å². The highest BCUT2D eigenvalue weighted by atomic mass is 32.1.